The van der Waals surface area contributed by atoms with Gasteiger partial charge in [0, 0.05) is 5.56 Å². The molecule has 0 bridgehead atoms. The minimum absolute atomic E-state index is 0.101. The Morgan fingerprint density at radius 2 is 1.70 bits per heavy atom. The number of benzene rings is 3. The Kier molecular flexibility index (Phi) is 5.77. The Morgan fingerprint density at radius 1 is 1.00 bits per heavy atom. The summed E-state index contributed by atoms with van der Waals surface area (Å²) in [6.07, 6.45) is 0. The van der Waals surface area contributed by atoms with Gasteiger partial charge in [0.1, 0.15) is 5.82 Å². The number of carbonyl (C=O) groups excluding carboxylic acids is 1. The standard InChI is InChI=1S/C24H19FN2O2S/c1-16-6-8-17(9-7-16)14-27-23(29)20-4-2-3-5-21(20)26-24(27)30-15-22(28)18-10-12-19(25)13-11-18/h2-13H,14-15H2,1H3. The van der Waals surface area contributed by atoms with Crippen molar-refractivity contribution in [2.75, 3.05) is 5.75 Å². The van der Waals surface area contributed by atoms with Gasteiger partial charge in [-0.3, -0.25) is 14.2 Å². The van der Waals surface area contributed by atoms with E-state index in [4.69, 9.17) is 0 Å². The monoisotopic (exact) mass is 418 g/mol. The molecule has 0 unspecified atom stereocenters. The van der Waals surface area contributed by atoms with Gasteiger partial charge >= 0.3 is 0 Å². The van der Waals surface area contributed by atoms with Crippen LogP contribution in [0.4, 0.5) is 4.39 Å². The molecule has 4 rings (SSSR count). The van der Waals surface area contributed by atoms with Gasteiger partial charge in [0.25, 0.3) is 5.56 Å². The van der Waals surface area contributed by atoms with Gasteiger partial charge in [-0.1, -0.05) is 53.7 Å². The van der Waals surface area contributed by atoms with Gasteiger partial charge in [0.15, 0.2) is 10.9 Å². The zero-order valence-corrected chi connectivity index (χ0v) is 17.2. The van der Waals surface area contributed by atoms with Crippen molar-refractivity contribution in [1.82, 2.24) is 9.55 Å². The zero-order chi connectivity index (χ0) is 21.1. The lowest BCUT2D eigenvalue weighted by Gasteiger charge is -2.13. The van der Waals surface area contributed by atoms with Crippen LogP contribution >= 0.6 is 11.8 Å². The molecule has 0 aliphatic carbocycles. The van der Waals surface area contributed by atoms with Crippen LogP contribution in [0.5, 0.6) is 0 Å². The van der Waals surface area contributed by atoms with Crippen molar-refractivity contribution >= 4 is 28.4 Å². The fourth-order valence-corrected chi connectivity index (χ4v) is 4.02. The van der Waals surface area contributed by atoms with Gasteiger partial charge in [0.05, 0.1) is 23.2 Å². The van der Waals surface area contributed by atoms with Crippen LogP contribution in [-0.2, 0) is 6.54 Å². The lowest BCUT2D eigenvalue weighted by molar-refractivity contribution is 0.102. The maximum absolute atomic E-state index is 13.2. The average Bonchev–Trinajstić information content (AvgIpc) is 2.76. The first-order chi connectivity index (χ1) is 14.5. The maximum Gasteiger partial charge on any atom is 0.262 e. The molecule has 1 heterocycles. The Hall–Kier alpha value is -3.25. The summed E-state index contributed by atoms with van der Waals surface area (Å²) in [6, 6.07) is 20.6. The Labute approximate surface area is 177 Å². The molecule has 4 nitrogen and oxygen atoms in total. The third-order valence-electron chi connectivity index (χ3n) is 4.79. The van der Waals surface area contributed by atoms with E-state index in [-0.39, 0.29) is 22.9 Å². The SMILES string of the molecule is Cc1ccc(Cn2c(SCC(=O)c3ccc(F)cc3)nc3ccccc3c2=O)cc1. The average molecular weight is 418 g/mol. The molecule has 0 aliphatic rings. The second-order valence-corrected chi connectivity index (χ2v) is 7.95. The molecule has 0 saturated carbocycles. The number of nitrogens with zero attached hydrogens (tertiary/aromatic N) is 2. The van der Waals surface area contributed by atoms with E-state index in [2.05, 4.69) is 4.98 Å². The molecule has 6 heteroatoms. The van der Waals surface area contributed by atoms with Crippen molar-refractivity contribution in [3.05, 3.63) is 106 Å². The van der Waals surface area contributed by atoms with E-state index in [1.54, 1.807) is 16.7 Å². The molecule has 0 atom stereocenters. The molecule has 0 spiro atoms. The number of para-hydroxylation sites is 1. The lowest BCUT2D eigenvalue weighted by atomic mass is 10.1. The Balaban J connectivity index is 1.68. The quantitative estimate of drug-likeness (QED) is 0.255. The van der Waals surface area contributed by atoms with Gasteiger partial charge in [0.2, 0.25) is 0 Å². The van der Waals surface area contributed by atoms with Crippen LogP contribution in [0.2, 0.25) is 0 Å². The molecule has 30 heavy (non-hydrogen) atoms. The van der Waals surface area contributed by atoms with E-state index < -0.39 is 0 Å². The summed E-state index contributed by atoms with van der Waals surface area (Å²) in [5, 5.41) is 1.02. The highest BCUT2D eigenvalue weighted by Gasteiger charge is 2.14. The number of hydrogen-bond donors (Lipinski definition) is 0. The summed E-state index contributed by atoms with van der Waals surface area (Å²) in [5.41, 5.74) is 3.00. The van der Waals surface area contributed by atoms with Crippen LogP contribution in [0.15, 0.2) is 82.7 Å². The topological polar surface area (TPSA) is 52.0 Å². The van der Waals surface area contributed by atoms with E-state index in [9.17, 15) is 14.0 Å². The summed E-state index contributed by atoms with van der Waals surface area (Å²) in [7, 11) is 0. The first-order valence-electron chi connectivity index (χ1n) is 9.48. The molecule has 0 saturated heterocycles. The Bertz CT molecular complexity index is 1270. The fourth-order valence-electron chi connectivity index (χ4n) is 3.12. The van der Waals surface area contributed by atoms with E-state index in [1.165, 1.54) is 36.0 Å². The van der Waals surface area contributed by atoms with Crippen molar-refractivity contribution in [2.45, 2.75) is 18.6 Å². The van der Waals surface area contributed by atoms with Gasteiger partial charge in [-0.15, -0.1) is 0 Å². The van der Waals surface area contributed by atoms with Gasteiger partial charge < -0.3 is 0 Å². The van der Waals surface area contributed by atoms with Crippen molar-refractivity contribution in [2.24, 2.45) is 0 Å². The van der Waals surface area contributed by atoms with Crippen molar-refractivity contribution < 1.29 is 9.18 Å². The van der Waals surface area contributed by atoms with Crippen LogP contribution in [0, 0.1) is 12.7 Å². The number of rotatable bonds is 6. The molecule has 4 aromatic rings. The molecule has 0 radical (unpaired) electrons. The molecule has 0 fully saturated rings. The minimum atomic E-state index is -0.387. The predicted octanol–water partition coefficient (Wildman–Crippen LogP) is 4.87. The van der Waals surface area contributed by atoms with Crippen molar-refractivity contribution in [3.63, 3.8) is 0 Å². The number of hydrogen-bond acceptors (Lipinski definition) is 4. The molecular formula is C24H19FN2O2S. The summed E-state index contributed by atoms with van der Waals surface area (Å²) in [4.78, 5) is 30.3. The molecule has 0 aliphatic heterocycles. The highest BCUT2D eigenvalue weighted by Crippen LogP contribution is 2.20. The van der Waals surface area contributed by atoms with E-state index in [0.717, 1.165) is 11.1 Å². The number of aromatic nitrogens is 2. The largest absolute Gasteiger partial charge is 0.293 e. The highest BCUT2D eigenvalue weighted by atomic mass is 32.2. The second-order valence-electron chi connectivity index (χ2n) is 7.01. The van der Waals surface area contributed by atoms with E-state index in [0.29, 0.717) is 28.2 Å². The first-order valence-corrected chi connectivity index (χ1v) is 10.5. The number of aryl methyl sites for hydroxylation is 1. The summed E-state index contributed by atoms with van der Waals surface area (Å²) in [5.74, 6) is -0.434. The third-order valence-corrected chi connectivity index (χ3v) is 5.76. The van der Waals surface area contributed by atoms with Crippen LogP contribution in [0.1, 0.15) is 21.5 Å². The second kappa shape index (κ2) is 8.63. The van der Waals surface area contributed by atoms with Crippen LogP contribution in [0.3, 0.4) is 0 Å². The van der Waals surface area contributed by atoms with E-state index in [1.807, 2.05) is 43.3 Å². The highest BCUT2D eigenvalue weighted by molar-refractivity contribution is 7.99. The zero-order valence-electron chi connectivity index (χ0n) is 16.3. The smallest absolute Gasteiger partial charge is 0.262 e. The molecule has 0 amide bonds. The summed E-state index contributed by atoms with van der Waals surface area (Å²) >= 11 is 1.21. The van der Waals surface area contributed by atoms with Crippen LogP contribution < -0.4 is 5.56 Å². The van der Waals surface area contributed by atoms with Crippen LogP contribution in [0.25, 0.3) is 10.9 Å². The lowest BCUT2D eigenvalue weighted by Crippen LogP contribution is -2.24. The minimum Gasteiger partial charge on any atom is -0.293 e. The normalized spacial score (nSPS) is 11.0. The van der Waals surface area contributed by atoms with Gasteiger partial charge in [-0.25, -0.2) is 9.37 Å². The van der Waals surface area contributed by atoms with Gasteiger partial charge in [-0.05, 0) is 48.9 Å². The Morgan fingerprint density at radius 3 is 2.43 bits per heavy atom. The summed E-state index contributed by atoms with van der Waals surface area (Å²) in [6.45, 7) is 2.37. The number of carbonyl (C=O) groups is 1. The fraction of sp³-hybridized carbons (Fsp3) is 0.125. The third kappa shape index (κ3) is 4.33. The van der Waals surface area contributed by atoms with Gasteiger partial charge in [-0.2, -0.15) is 0 Å². The van der Waals surface area contributed by atoms with Crippen molar-refractivity contribution in [1.29, 1.82) is 0 Å². The molecule has 0 N–H and O–H groups in total. The first kappa shape index (κ1) is 20.0. The van der Waals surface area contributed by atoms with E-state index >= 15 is 0 Å². The summed E-state index contributed by atoms with van der Waals surface area (Å²) < 4.78 is 14.7. The molecule has 1 aromatic heterocycles. The number of halogens is 1. The number of ketones is 1. The molecular weight excluding hydrogens is 399 g/mol. The number of thioether (sulfide) groups is 1. The number of Topliss-reactive ketones (excluding diaryl/α,β-unsaturated/α-hetero) is 1. The predicted molar refractivity (Wildman–Crippen MR) is 118 cm³/mol. The molecule has 3 aromatic carbocycles. The van der Waals surface area contributed by atoms with Crippen LogP contribution in [-0.4, -0.2) is 21.1 Å². The number of fused-ring (bicyclic) bond motifs is 1. The maximum atomic E-state index is 13.2. The van der Waals surface area contributed by atoms with Crippen molar-refractivity contribution in [3.8, 4) is 0 Å². The molecule has 150 valence electrons.